The fraction of sp³-hybridized carbons (Fsp3) is 1.00. The topological polar surface area (TPSA) is 15.3 Å². The Bertz CT molecular complexity index is 227. The van der Waals surface area contributed by atoms with Gasteiger partial charge in [-0.05, 0) is 70.0 Å². The van der Waals surface area contributed by atoms with Crippen molar-refractivity contribution in [1.29, 1.82) is 0 Å². The summed E-state index contributed by atoms with van der Waals surface area (Å²) in [6, 6.07) is 0.735. The maximum Gasteiger partial charge on any atom is 0.00796 e. The summed E-state index contributed by atoms with van der Waals surface area (Å²) in [5.74, 6) is 2.74. The molecule has 1 N–H and O–H groups in total. The van der Waals surface area contributed by atoms with Crippen LogP contribution < -0.4 is 5.32 Å². The summed E-state index contributed by atoms with van der Waals surface area (Å²) in [5.41, 5.74) is 0. The Labute approximate surface area is 107 Å². The smallest absolute Gasteiger partial charge is 0.00796 e. The van der Waals surface area contributed by atoms with Crippen molar-refractivity contribution in [1.82, 2.24) is 10.2 Å². The number of likely N-dealkylation sites (tertiary alicyclic amines) is 1. The van der Waals surface area contributed by atoms with E-state index >= 15 is 0 Å². The zero-order valence-corrected chi connectivity index (χ0v) is 11.9. The first-order valence-electron chi connectivity index (χ1n) is 7.62. The highest BCUT2D eigenvalue weighted by Crippen LogP contribution is 2.26. The van der Waals surface area contributed by atoms with E-state index in [9.17, 15) is 0 Å². The molecule has 2 rings (SSSR count). The minimum Gasteiger partial charge on any atom is -0.314 e. The van der Waals surface area contributed by atoms with Crippen LogP contribution in [0.2, 0.25) is 0 Å². The SMILES string of the molecule is CC(C)C1CCCN(CC2CCNC2C)CC1. The highest BCUT2D eigenvalue weighted by Gasteiger charge is 2.26. The fourth-order valence-electron chi connectivity index (χ4n) is 3.52. The van der Waals surface area contributed by atoms with Gasteiger partial charge in [-0.3, -0.25) is 0 Å². The van der Waals surface area contributed by atoms with Crippen LogP contribution in [0.15, 0.2) is 0 Å². The molecule has 2 fully saturated rings. The first-order chi connectivity index (χ1) is 8.16. The van der Waals surface area contributed by atoms with E-state index in [0.717, 1.165) is 23.8 Å². The van der Waals surface area contributed by atoms with Gasteiger partial charge < -0.3 is 10.2 Å². The van der Waals surface area contributed by atoms with Gasteiger partial charge in [0.15, 0.2) is 0 Å². The first kappa shape index (κ1) is 13.4. The number of nitrogens with one attached hydrogen (secondary N) is 1. The van der Waals surface area contributed by atoms with E-state index in [0.29, 0.717) is 0 Å². The molecule has 0 aromatic rings. The van der Waals surface area contributed by atoms with Gasteiger partial charge >= 0.3 is 0 Å². The molecular formula is C15H30N2. The number of nitrogens with zero attached hydrogens (tertiary/aromatic N) is 1. The van der Waals surface area contributed by atoms with Crippen LogP contribution in [-0.4, -0.2) is 37.1 Å². The molecule has 2 saturated heterocycles. The molecule has 3 unspecified atom stereocenters. The predicted molar refractivity (Wildman–Crippen MR) is 74.2 cm³/mol. The van der Waals surface area contributed by atoms with Crippen LogP contribution in [0, 0.1) is 17.8 Å². The van der Waals surface area contributed by atoms with E-state index < -0.39 is 0 Å². The number of rotatable bonds is 3. The Morgan fingerprint density at radius 2 is 2.00 bits per heavy atom. The molecule has 0 aromatic heterocycles. The van der Waals surface area contributed by atoms with Crippen molar-refractivity contribution in [3.8, 4) is 0 Å². The molecule has 0 radical (unpaired) electrons. The lowest BCUT2D eigenvalue weighted by atomic mass is 9.89. The molecule has 2 nitrogen and oxygen atoms in total. The lowest BCUT2D eigenvalue weighted by molar-refractivity contribution is 0.225. The monoisotopic (exact) mass is 238 g/mol. The minimum absolute atomic E-state index is 0.735. The van der Waals surface area contributed by atoms with Gasteiger partial charge in [-0.1, -0.05) is 13.8 Å². The number of hydrogen-bond donors (Lipinski definition) is 1. The first-order valence-corrected chi connectivity index (χ1v) is 7.62. The Hall–Kier alpha value is -0.0800. The summed E-state index contributed by atoms with van der Waals surface area (Å²) in [5, 5.41) is 3.58. The van der Waals surface area contributed by atoms with E-state index in [-0.39, 0.29) is 0 Å². The van der Waals surface area contributed by atoms with Crippen LogP contribution in [0.5, 0.6) is 0 Å². The molecule has 0 saturated carbocycles. The molecule has 17 heavy (non-hydrogen) atoms. The van der Waals surface area contributed by atoms with Crippen LogP contribution in [0.1, 0.15) is 46.5 Å². The Morgan fingerprint density at radius 1 is 1.18 bits per heavy atom. The molecule has 2 aliphatic rings. The molecule has 2 aliphatic heterocycles. The molecule has 2 heterocycles. The third kappa shape index (κ3) is 3.69. The van der Waals surface area contributed by atoms with Gasteiger partial charge in [0.25, 0.3) is 0 Å². The van der Waals surface area contributed by atoms with Crippen molar-refractivity contribution in [3.05, 3.63) is 0 Å². The maximum atomic E-state index is 3.58. The fourth-order valence-corrected chi connectivity index (χ4v) is 3.52. The average Bonchev–Trinajstić information content (AvgIpc) is 2.55. The van der Waals surface area contributed by atoms with Crippen LogP contribution in [0.4, 0.5) is 0 Å². The van der Waals surface area contributed by atoms with Gasteiger partial charge in [0.05, 0.1) is 0 Å². The predicted octanol–water partition coefficient (Wildman–Crippen LogP) is 2.74. The molecular weight excluding hydrogens is 208 g/mol. The zero-order chi connectivity index (χ0) is 12.3. The second-order valence-electron chi connectivity index (χ2n) is 6.53. The Balaban J connectivity index is 1.78. The summed E-state index contributed by atoms with van der Waals surface area (Å²) in [6.07, 6.45) is 5.67. The second kappa shape index (κ2) is 6.19. The highest BCUT2D eigenvalue weighted by molar-refractivity contribution is 4.83. The molecule has 0 aliphatic carbocycles. The largest absolute Gasteiger partial charge is 0.314 e. The van der Waals surface area contributed by atoms with E-state index in [1.54, 1.807) is 0 Å². The summed E-state index contributed by atoms with van der Waals surface area (Å²) in [7, 11) is 0. The van der Waals surface area contributed by atoms with Crippen molar-refractivity contribution < 1.29 is 0 Å². The lowest BCUT2D eigenvalue weighted by Crippen LogP contribution is -2.35. The number of hydrogen-bond acceptors (Lipinski definition) is 2. The summed E-state index contributed by atoms with van der Waals surface area (Å²) in [4.78, 5) is 2.73. The van der Waals surface area contributed by atoms with E-state index in [1.807, 2.05) is 0 Å². The van der Waals surface area contributed by atoms with Gasteiger partial charge in [-0.15, -0.1) is 0 Å². The van der Waals surface area contributed by atoms with Crippen molar-refractivity contribution in [2.24, 2.45) is 17.8 Å². The summed E-state index contributed by atoms with van der Waals surface area (Å²) in [6.45, 7) is 12.4. The third-order valence-electron chi connectivity index (χ3n) is 4.99. The van der Waals surface area contributed by atoms with Crippen molar-refractivity contribution in [2.45, 2.75) is 52.5 Å². The van der Waals surface area contributed by atoms with E-state index in [2.05, 4.69) is 31.0 Å². The molecule has 100 valence electrons. The van der Waals surface area contributed by atoms with Crippen molar-refractivity contribution >= 4 is 0 Å². The molecule has 0 amide bonds. The maximum absolute atomic E-state index is 3.58. The Morgan fingerprint density at radius 3 is 2.65 bits per heavy atom. The van der Waals surface area contributed by atoms with Crippen molar-refractivity contribution in [2.75, 3.05) is 26.2 Å². The highest BCUT2D eigenvalue weighted by atomic mass is 15.1. The normalized spacial score (nSPS) is 36.4. The van der Waals surface area contributed by atoms with Gasteiger partial charge in [-0.25, -0.2) is 0 Å². The standard InChI is InChI=1S/C15H30N2/c1-12(2)14-5-4-9-17(10-7-14)11-15-6-8-16-13(15)3/h12-16H,4-11H2,1-3H3. The van der Waals surface area contributed by atoms with E-state index in [4.69, 9.17) is 0 Å². The second-order valence-corrected chi connectivity index (χ2v) is 6.53. The van der Waals surface area contributed by atoms with Gasteiger partial charge in [-0.2, -0.15) is 0 Å². The van der Waals surface area contributed by atoms with Crippen LogP contribution >= 0.6 is 0 Å². The van der Waals surface area contributed by atoms with Crippen LogP contribution in [0.3, 0.4) is 0 Å². The minimum atomic E-state index is 0.735. The lowest BCUT2D eigenvalue weighted by Gasteiger charge is -2.26. The van der Waals surface area contributed by atoms with Crippen molar-refractivity contribution in [3.63, 3.8) is 0 Å². The van der Waals surface area contributed by atoms with Crippen LogP contribution in [-0.2, 0) is 0 Å². The Kier molecular flexibility index (Phi) is 4.87. The molecule has 0 spiro atoms. The third-order valence-corrected chi connectivity index (χ3v) is 4.99. The molecule has 0 bridgehead atoms. The van der Waals surface area contributed by atoms with E-state index in [1.165, 1.54) is 51.9 Å². The quantitative estimate of drug-likeness (QED) is 0.813. The summed E-state index contributed by atoms with van der Waals surface area (Å²) >= 11 is 0. The van der Waals surface area contributed by atoms with Gasteiger partial charge in [0.2, 0.25) is 0 Å². The molecule has 0 aromatic carbocycles. The van der Waals surface area contributed by atoms with Gasteiger partial charge in [0.1, 0.15) is 0 Å². The van der Waals surface area contributed by atoms with Gasteiger partial charge in [0, 0.05) is 12.6 Å². The average molecular weight is 238 g/mol. The molecule has 3 atom stereocenters. The molecule has 2 heteroatoms. The van der Waals surface area contributed by atoms with Crippen LogP contribution in [0.25, 0.3) is 0 Å². The zero-order valence-electron chi connectivity index (χ0n) is 11.9. The summed E-state index contributed by atoms with van der Waals surface area (Å²) < 4.78 is 0.